The van der Waals surface area contributed by atoms with Crippen LogP contribution in [0.2, 0.25) is 0 Å². The third kappa shape index (κ3) is 7.09. The topological polar surface area (TPSA) is 36.4 Å². The SMILES string of the molecule is CCNC(=NCc1ccc(F)cc1CSC)NCCSC. The molecule has 1 rings (SSSR count). The number of benzene rings is 1. The number of guanidine groups is 1. The molecular weight excluding hydrogens is 305 g/mol. The van der Waals surface area contributed by atoms with Gasteiger partial charge < -0.3 is 10.6 Å². The van der Waals surface area contributed by atoms with E-state index in [0.29, 0.717) is 6.54 Å². The summed E-state index contributed by atoms with van der Waals surface area (Å²) in [4.78, 5) is 4.58. The molecule has 1 aromatic rings. The molecule has 21 heavy (non-hydrogen) atoms. The molecule has 2 N–H and O–H groups in total. The molecule has 0 heterocycles. The van der Waals surface area contributed by atoms with E-state index in [2.05, 4.69) is 21.9 Å². The molecule has 0 aromatic heterocycles. The molecule has 0 atom stereocenters. The fourth-order valence-corrected chi connectivity index (χ4v) is 2.70. The third-order valence-corrected chi connectivity index (χ3v) is 4.03. The van der Waals surface area contributed by atoms with Crippen molar-refractivity contribution >= 4 is 29.5 Å². The minimum atomic E-state index is -0.184. The molecule has 1 aromatic carbocycles. The Morgan fingerprint density at radius 2 is 2.00 bits per heavy atom. The van der Waals surface area contributed by atoms with Gasteiger partial charge in [0.2, 0.25) is 0 Å². The van der Waals surface area contributed by atoms with E-state index in [0.717, 1.165) is 41.7 Å². The highest BCUT2D eigenvalue weighted by Gasteiger charge is 2.04. The Morgan fingerprint density at radius 1 is 1.19 bits per heavy atom. The fourth-order valence-electron chi connectivity index (χ4n) is 1.82. The zero-order valence-electron chi connectivity index (χ0n) is 12.9. The Morgan fingerprint density at radius 3 is 2.67 bits per heavy atom. The van der Waals surface area contributed by atoms with Gasteiger partial charge in [-0.15, -0.1) is 0 Å². The highest BCUT2D eigenvalue weighted by molar-refractivity contribution is 7.98. The Hall–Kier alpha value is -0.880. The lowest BCUT2D eigenvalue weighted by atomic mass is 10.1. The van der Waals surface area contributed by atoms with Gasteiger partial charge in [-0.3, -0.25) is 0 Å². The van der Waals surface area contributed by atoms with E-state index in [4.69, 9.17) is 0 Å². The van der Waals surface area contributed by atoms with Gasteiger partial charge in [0.05, 0.1) is 6.54 Å². The van der Waals surface area contributed by atoms with E-state index in [1.54, 1.807) is 29.6 Å². The summed E-state index contributed by atoms with van der Waals surface area (Å²) in [7, 11) is 0. The van der Waals surface area contributed by atoms with Crippen LogP contribution in [0.25, 0.3) is 0 Å². The number of halogens is 1. The number of nitrogens with one attached hydrogen (secondary N) is 2. The van der Waals surface area contributed by atoms with Gasteiger partial charge in [-0.2, -0.15) is 23.5 Å². The molecule has 0 aliphatic carbocycles. The van der Waals surface area contributed by atoms with Crippen molar-refractivity contribution in [3.63, 3.8) is 0 Å². The number of nitrogens with zero attached hydrogens (tertiary/aromatic N) is 1. The summed E-state index contributed by atoms with van der Waals surface area (Å²) >= 11 is 3.49. The Kier molecular flexibility index (Phi) is 9.34. The molecule has 0 unspecified atom stereocenters. The van der Waals surface area contributed by atoms with Crippen LogP contribution in [-0.2, 0) is 12.3 Å². The van der Waals surface area contributed by atoms with Crippen molar-refractivity contribution in [2.45, 2.75) is 19.2 Å². The van der Waals surface area contributed by atoms with Crippen LogP contribution in [-0.4, -0.2) is 37.3 Å². The number of hydrogen-bond donors (Lipinski definition) is 2. The van der Waals surface area contributed by atoms with Gasteiger partial charge in [0.1, 0.15) is 5.82 Å². The van der Waals surface area contributed by atoms with Gasteiger partial charge in [-0.1, -0.05) is 6.07 Å². The summed E-state index contributed by atoms with van der Waals surface area (Å²) in [6.45, 7) is 4.31. The molecule has 0 aliphatic rings. The smallest absolute Gasteiger partial charge is 0.191 e. The molecule has 3 nitrogen and oxygen atoms in total. The second kappa shape index (κ2) is 10.8. The molecule has 0 saturated heterocycles. The predicted molar refractivity (Wildman–Crippen MR) is 94.8 cm³/mol. The van der Waals surface area contributed by atoms with Crippen LogP contribution in [0.1, 0.15) is 18.1 Å². The van der Waals surface area contributed by atoms with E-state index in [-0.39, 0.29) is 5.82 Å². The molecule has 0 fully saturated rings. The maximum atomic E-state index is 13.3. The van der Waals surface area contributed by atoms with Gasteiger partial charge in [0, 0.05) is 24.6 Å². The van der Waals surface area contributed by atoms with Crippen molar-refractivity contribution in [2.24, 2.45) is 4.99 Å². The average Bonchev–Trinajstić information content (AvgIpc) is 2.47. The van der Waals surface area contributed by atoms with Crippen LogP contribution >= 0.6 is 23.5 Å². The van der Waals surface area contributed by atoms with E-state index < -0.39 is 0 Å². The van der Waals surface area contributed by atoms with Crippen molar-refractivity contribution in [3.05, 3.63) is 35.1 Å². The van der Waals surface area contributed by atoms with Crippen molar-refractivity contribution in [3.8, 4) is 0 Å². The van der Waals surface area contributed by atoms with Gasteiger partial charge in [-0.25, -0.2) is 9.38 Å². The first-order chi connectivity index (χ1) is 10.2. The van der Waals surface area contributed by atoms with Crippen LogP contribution in [0, 0.1) is 5.82 Å². The minimum absolute atomic E-state index is 0.184. The van der Waals surface area contributed by atoms with Crippen molar-refractivity contribution in [2.75, 3.05) is 31.4 Å². The summed E-state index contributed by atoms with van der Waals surface area (Å²) in [6.07, 6.45) is 4.10. The largest absolute Gasteiger partial charge is 0.357 e. The zero-order chi connectivity index (χ0) is 15.5. The predicted octanol–water partition coefficient (Wildman–Crippen LogP) is 3.11. The first-order valence-corrected chi connectivity index (χ1v) is 9.77. The number of hydrogen-bond acceptors (Lipinski definition) is 3. The molecule has 118 valence electrons. The van der Waals surface area contributed by atoms with Crippen LogP contribution in [0.5, 0.6) is 0 Å². The maximum Gasteiger partial charge on any atom is 0.191 e. The molecule has 0 bridgehead atoms. The summed E-state index contributed by atoms with van der Waals surface area (Å²) in [5.41, 5.74) is 2.10. The number of thioether (sulfide) groups is 2. The lowest BCUT2D eigenvalue weighted by molar-refractivity contribution is 0.625. The first kappa shape index (κ1) is 18.2. The number of rotatable bonds is 8. The summed E-state index contributed by atoms with van der Waals surface area (Å²) in [6, 6.07) is 4.94. The van der Waals surface area contributed by atoms with E-state index in [1.807, 2.05) is 19.2 Å². The van der Waals surface area contributed by atoms with E-state index in [1.165, 1.54) is 6.07 Å². The first-order valence-electron chi connectivity index (χ1n) is 6.98. The molecule has 0 saturated carbocycles. The molecule has 0 aliphatic heterocycles. The normalized spacial score (nSPS) is 11.5. The van der Waals surface area contributed by atoms with Crippen molar-refractivity contribution < 1.29 is 4.39 Å². The molecular formula is C15H24FN3S2. The van der Waals surface area contributed by atoms with Gasteiger partial charge in [0.15, 0.2) is 5.96 Å². The molecule has 0 amide bonds. The van der Waals surface area contributed by atoms with Crippen LogP contribution in [0.3, 0.4) is 0 Å². The summed E-state index contributed by atoms with van der Waals surface area (Å²) in [5, 5.41) is 6.52. The fraction of sp³-hybridized carbons (Fsp3) is 0.533. The monoisotopic (exact) mass is 329 g/mol. The standard InChI is InChI=1S/C15H24FN3S2/c1-4-17-15(18-7-8-20-2)19-10-12-5-6-14(16)9-13(12)11-21-3/h5-6,9H,4,7-8,10-11H2,1-3H3,(H2,17,18,19). The zero-order valence-corrected chi connectivity index (χ0v) is 14.5. The average molecular weight is 330 g/mol. The van der Waals surface area contributed by atoms with Crippen molar-refractivity contribution in [1.29, 1.82) is 0 Å². The van der Waals surface area contributed by atoms with E-state index >= 15 is 0 Å². The molecule has 0 radical (unpaired) electrons. The highest BCUT2D eigenvalue weighted by atomic mass is 32.2. The van der Waals surface area contributed by atoms with E-state index in [9.17, 15) is 4.39 Å². The maximum absolute atomic E-state index is 13.3. The number of aliphatic imine (C=N–C) groups is 1. The summed E-state index contributed by atoms with van der Waals surface area (Å²) < 4.78 is 13.3. The Bertz CT molecular complexity index is 453. The Balaban J connectivity index is 2.74. The highest BCUT2D eigenvalue weighted by Crippen LogP contribution is 2.17. The van der Waals surface area contributed by atoms with Crippen LogP contribution in [0.4, 0.5) is 4.39 Å². The summed E-state index contributed by atoms with van der Waals surface area (Å²) in [5.74, 6) is 2.47. The second-order valence-electron chi connectivity index (χ2n) is 4.46. The van der Waals surface area contributed by atoms with Gasteiger partial charge in [0.25, 0.3) is 0 Å². The molecule has 0 spiro atoms. The van der Waals surface area contributed by atoms with Gasteiger partial charge in [-0.05, 0) is 42.7 Å². The van der Waals surface area contributed by atoms with Crippen LogP contribution < -0.4 is 10.6 Å². The van der Waals surface area contributed by atoms with Crippen molar-refractivity contribution in [1.82, 2.24) is 10.6 Å². The van der Waals surface area contributed by atoms with Gasteiger partial charge >= 0.3 is 0 Å². The molecule has 6 heteroatoms. The van der Waals surface area contributed by atoms with Crippen LogP contribution in [0.15, 0.2) is 23.2 Å². The lowest BCUT2D eigenvalue weighted by Crippen LogP contribution is -2.38. The second-order valence-corrected chi connectivity index (χ2v) is 6.31. The Labute approximate surface area is 135 Å². The third-order valence-electron chi connectivity index (χ3n) is 2.82. The quantitative estimate of drug-likeness (QED) is 0.436. The lowest BCUT2D eigenvalue weighted by Gasteiger charge is -2.12. The minimum Gasteiger partial charge on any atom is -0.357 e.